The van der Waals surface area contributed by atoms with E-state index in [1.807, 2.05) is 18.3 Å². The highest BCUT2D eigenvalue weighted by Gasteiger charge is 2.25. The van der Waals surface area contributed by atoms with Gasteiger partial charge < -0.3 is 4.40 Å². The topological polar surface area (TPSA) is 41.1 Å². The van der Waals surface area contributed by atoms with Crippen LogP contribution in [0.15, 0.2) is 72.9 Å². The zero-order valence-electron chi connectivity index (χ0n) is 19.4. The van der Waals surface area contributed by atoms with E-state index in [1.165, 1.54) is 63.8 Å². The van der Waals surface area contributed by atoms with Gasteiger partial charge in [-0.15, -0.1) is 0 Å². The Morgan fingerprint density at radius 2 is 1.63 bits per heavy atom. The van der Waals surface area contributed by atoms with E-state index in [0.29, 0.717) is 0 Å². The predicted octanol–water partition coefficient (Wildman–Crippen LogP) is 8.14. The van der Waals surface area contributed by atoms with Crippen LogP contribution >= 0.6 is 0 Å². The van der Waals surface area contributed by atoms with Crippen molar-refractivity contribution in [3.05, 3.63) is 84.1 Å². The maximum absolute atomic E-state index is 10.5. The molecule has 35 heavy (non-hydrogen) atoms. The third-order valence-corrected chi connectivity index (χ3v) is 8.34. The molecule has 3 heteroatoms. The highest BCUT2D eigenvalue weighted by Crippen LogP contribution is 2.45. The minimum Gasteiger partial charge on any atom is -0.306 e. The predicted molar refractivity (Wildman–Crippen MR) is 144 cm³/mol. The zero-order valence-corrected chi connectivity index (χ0v) is 19.4. The van der Waals surface area contributed by atoms with Crippen molar-refractivity contribution in [1.29, 1.82) is 5.26 Å². The van der Waals surface area contributed by atoms with Gasteiger partial charge in [-0.25, -0.2) is 0 Å². The summed E-state index contributed by atoms with van der Waals surface area (Å²) in [4.78, 5) is 4.92. The molecule has 0 atom stereocenters. The lowest BCUT2D eigenvalue weighted by molar-refractivity contribution is 0.549. The minimum atomic E-state index is 0.728. The fraction of sp³-hybridized carbons (Fsp3) is 0.188. The molecule has 3 aromatic heterocycles. The van der Waals surface area contributed by atoms with Crippen molar-refractivity contribution in [2.24, 2.45) is 5.92 Å². The fourth-order valence-corrected chi connectivity index (χ4v) is 6.89. The first kappa shape index (κ1) is 19.2. The number of nitrogens with zero attached hydrogens (tertiary/aromatic N) is 3. The van der Waals surface area contributed by atoms with E-state index in [4.69, 9.17) is 4.98 Å². The normalized spacial score (nSPS) is 14.9. The lowest BCUT2D eigenvalue weighted by Crippen LogP contribution is -2.01. The van der Waals surface area contributed by atoms with Crippen LogP contribution in [0.5, 0.6) is 0 Å². The Morgan fingerprint density at radius 3 is 2.49 bits per heavy atom. The van der Waals surface area contributed by atoms with Gasteiger partial charge in [0.2, 0.25) is 0 Å². The van der Waals surface area contributed by atoms with Crippen LogP contribution in [-0.4, -0.2) is 9.38 Å². The maximum Gasteiger partial charge on any atom is 0.102 e. The summed E-state index contributed by atoms with van der Waals surface area (Å²) in [5, 5.41) is 18.7. The second-order valence-corrected chi connectivity index (χ2v) is 10.2. The summed E-state index contributed by atoms with van der Waals surface area (Å²) in [6, 6.07) is 26.3. The molecular weight excluding hydrogens is 426 g/mol. The van der Waals surface area contributed by atoms with Crippen molar-refractivity contribution in [1.82, 2.24) is 9.38 Å². The standard InChI is InChI=1S/C32H23N3/c33-18-26-23-10-4-3-9-20(23)17-25-30-29-21(13-14-34-30)16-22(15-19-7-1-2-8-19)28-24-11-5-6-12-27(24)35(31(25)26)32(28)29/h3-6,9-14,16-17,19H,1-2,7-8,15H2. The van der Waals surface area contributed by atoms with Crippen LogP contribution in [0, 0.1) is 17.2 Å². The van der Waals surface area contributed by atoms with Crippen molar-refractivity contribution in [3.63, 3.8) is 0 Å². The second kappa shape index (κ2) is 6.93. The molecule has 7 aromatic rings. The molecule has 0 saturated heterocycles. The van der Waals surface area contributed by atoms with Gasteiger partial charge in [-0.3, -0.25) is 4.98 Å². The zero-order chi connectivity index (χ0) is 23.1. The summed E-state index contributed by atoms with van der Waals surface area (Å²) in [7, 11) is 0. The Labute approximate surface area is 202 Å². The monoisotopic (exact) mass is 449 g/mol. The molecule has 1 fully saturated rings. The van der Waals surface area contributed by atoms with Gasteiger partial charge >= 0.3 is 0 Å². The third kappa shape index (κ3) is 2.47. The number of para-hydroxylation sites is 1. The quantitative estimate of drug-likeness (QED) is 0.197. The number of nitriles is 1. The van der Waals surface area contributed by atoms with E-state index in [9.17, 15) is 5.26 Å². The van der Waals surface area contributed by atoms with Crippen LogP contribution in [0.1, 0.15) is 36.8 Å². The van der Waals surface area contributed by atoms with Gasteiger partial charge in [0.15, 0.2) is 0 Å². The Morgan fingerprint density at radius 1 is 0.829 bits per heavy atom. The summed E-state index contributed by atoms with van der Waals surface area (Å²) in [5.74, 6) is 0.757. The van der Waals surface area contributed by atoms with Crippen LogP contribution in [-0.2, 0) is 6.42 Å². The SMILES string of the molecule is N#Cc1c2ccccc2cc2c3nccc4cc(CC5CCCC5)c5c6ccccc6n(c12)c5c43. The maximum atomic E-state index is 10.5. The number of pyridine rings is 2. The summed E-state index contributed by atoms with van der Waals surface area (Å²) < 4.78 is 2.38. The van der Waals surface area contributed by atoms with Crippen molar-refractivity contribution >= 4 is 59.8 Å². The largest absolute Gasteiger partial charge is 0.306 e. The van der Waals surface area contributed by atoms with Crippen LogP contribution in [0.2, 0.25) is 0 Å². The molecule has 0 aliphatic heterocycles. The molecule has 0 radical (unpaired) electrons. The highest BCUT2D eigenvalue weighted by atomic mass is 14.9. The number of rotatable bonds is 2. The molecule has 0 N–H and O–H groups in total. The van der Waals surface area contributed by atoms with Crippen molar-refractivity contribution in [2.45, 2.75) is 32.1 Å². The van der Waals surface area contributed by atoms with E-state index in [2.05, 4.69) is 65.1 Å². The summed E-state index contributed by atoms with van der Waals surface area (Å²) >= 11 is 0. The van der Waals surface area contributed by atoms with E-state index in [1.54, 1.807) is 0 Å². The average molecular weight is 450 g/mol. The molecular formula is C32H23N3. The molecule has 8 rings (SSSR count). The van der Waals surface area contributed by atoms with Crippen LogP contribution in [0.3, 0.4) is 0 Å². The smallest absolute Gasteiger partial charge is 0.102 e. The third-order valence-electron chi connectivity index (χ3n) is 8.34. The van der Waals surface area contributed by atoms with Gasteiger partial charge in [-0.05, 0) is 46.9 Å². The second-order valence-electron chi connectivity index (χ2n) is 10.2. The number of fused-ring (bicyclic) bond motifs is 7. The van der Waals surface area contributed by atoms with Crippen LogP contribution in [0.4, 0.5) is 0 Å². The number of aromatic nitrogens is 2. The van der Waals surface area contributed by atoms with Crippen LogP contribution < -0.4 is 0 Å². The Bertz CT molecular complexity index is 2000. The minimum absolute atomic E-state index is 0.728. The lowest BCUT2D eigenvalue weighted by atomic mass is 9.91. The number of hydrogen-bond acceptors (Lipinski definition) is 2. The number of benzene rings is 4. The first-order chi connectivity index (χ1) is 17.3. The molecule has 4 aromatic carbocycles. The Kier molecular flexibility index (Phi) is 3.80. The fourth-order valence-electron chi connectivity index (χ4n) is 6.89. The van der Waals surface area contributed by atoms with Gasteiger partial charge in [0.05, 0.1) is 27.6 Å². The van der Waals surface area contributed by atoms with Crippen LogP contribution in [0.25, 0.3) is 59.8 Å². The van der Waals surface area contributed by atoms with Gasteiger partial charge in [0, 0.05) is 33.1 Å². The highest BCUT2D eigenvalue weighted by molar-refractivity contribution is 6.29. The molecule has 1 aliphatic carbocycles. The summed E-state index contributed by atoms with van der Waals surface area (Å²) in [6.07, 6.45) is 8.41. The van der Waals surface area contributed by atoms with Crippen molar-refractivity contribution in [3.8, 4) is 6.07 Å². The van der Waals surface area contributed by atoms with Gasteiger partial charge in [-0.2, -0.15) is 5.26 Å². The molecule has 1 aliphatic rings. The summed E-state index contributed by atoms with van der Waals surface area (Å²) in [6.45, 7) is 0. The van der Waals surface area contributed by atoms with Crippen molar-refractivity contribution in [2.75, 3.05) is 0 Å². The van der Waals surface area contributed by atoms with E-state index < -0.39 is 0 Å². The average Bonchev–Trinajstić information content (AvgIpc) is 3.53. The first-order valence-electron chi connectivity index (χ1n) is 12.6. The van der Waals surface area contributed by atoms with Gasteiger partial charge in [-0.1, -0.05) is 74.2 Å². The van der Waals surface area contributed by atoms with E-state index in [0.717, 1.165) is 45.1 Å². The Hall–Kier alpha value is -4.16. The van der Waals surface area contributed by atoms with E-state index in [-0.39, 0.29) is 0 Å². The molecule has 3 nitrogen and oxygen atoms in total. The summed E-state index contributed by atoms with van der Waals surface area (Å²) in [5.41, 5.74) is 6.53. The van der Waals surface area contributed by atoms with Gasteiger partial charge in [0.25, 0.3) is 0 Å². The van der Waals surface area contributed by atoms with E-state index >= 15 is 0 Å². The van der Waals surface area contributed by atoms with Gasteiger partial charge in [0.1, 0.15) is 6.07 Å². The first-order valence-corrected chi connectivity index (χ1v) is 12.6. The number of hydrogen-bond donors (Lipinski definition) is 0. The lowest BCUT2D eigenvalue weighted by Gasteiger charge is -2.17. The molecule has 0 bridgehead atoms. The van der Waals surface area contributed by atoms with Crippen molar-refractivity contribution < 1.29 is 0 Å². The molecule has 3 heterocycles. The molecule has 166 valence electrons. The Balaban J connectivity index is 1.69. The molecule has 0 amide bonds. The molecule has 1 saturated carbocycles. The molecule has 0 spiro atoms. The molecule has 0 unspecified atom stereocenters.